The number of hydrogen-bond acceptors (Lipinski definition) is 3. The lowest BCUT2D eigenvalue weighted by molar-refractivity contribution is -0.136. The van der Waals surface area contributed by atoms with Crippen molar-refractivity contribution in [1.29, 1.82) is 0 Å². The van der Waals surface area contributed by atoms with Crippen LogP contribution in [0.3, 0.4) is 0 Å². The lowest BCUT2D eigenvalue weighted by Crippen LogP contribution is -2.45. The maximum absolute atomic E-state index is 12.6. The van der Waals surface area contributed by atoms with Gasteiger partial charge in [-0.1, -0.05) is 13.0 Å². The first-order valence-electron chi connectivity index (χ1n) is 7.77. The van der Waals surface area contributed by atoms with Gasteiger partial charge in [0, 0.05) is 24.6 Å². The lowest BCUT2D eigenvalue weighted by Gasteiger charge is -2.35. The number of methoxy groups -OCH3 is 2. The molecule has 0 bridgehead atoms. The van der Waals surface area contributed by atoms with E-state index in [1.165, 1.54) is 0 Å². The van der Waals surface area contributed by atoms with E-state index < -0.39 is 0 Å². The summed E-state index contributed by atoms with van der Waals surface area (Å²) in [6.45, 7) is 11.0. The number of amides is 1. The second-order valence-corrected chi connectivity index (χ2v) is 6.52. The predicted octanol–water partition coefficient (Wildman–Crippen LogP) is 3.84. The van der Waals surface area contributed by atoms with Crippen molar-refractivity contribution in [2.45, 2.75) is 52.5 Å². The summed E-state index contributed by atoms with van der Waals surface area (Å²) in [5, 5.41) is 0. The monoisotopic (exact) mass is 307 g/mol. The molecule has 0 radical (unpaired) electrons. The summed E-state index contributed by atoms with van der Waals surface area (Å²) in [5.41, 5.74) is 0.872. The van der Waals surface area contributed by atoms with E-state index in [2.05, 4.69) is 27.7 Å². The number of benzene rings is 1. The summed E-state index contributed by atoms with van der Waals surface area (Å²) in [5.74, 6) is 1.77. The van der Waals surface area contributed by atoms with Crippen LogP contribution in [0.15, 0.2) is 18.2 Å². The van der Waals surface area contributed by atoms with E-state index in [0.29, 0.717) is 6.42 Å². The first-order valence-corrected chi connectivity index (χ1v) is 7.77. The quantitative estimate of drug-likeness (QED) is 0.801. The number of ether oxygens (including phenoxy) is 2. The van der Waals surface area contributed by atoms with Crippen LogP contribution in [-0.4, -0.2) is 37.1 Å². The molecule has 1 rings (SSSR count). The Labute approximate surface area is 134 Å². The van der Waals surface area contributed by atoms with Crippen LogP contribution in [0.25, 0.3) is 0 Å². The first-order chi connectivity index (χ1) is 10.2. The van der Waals surface area contributed by atoms with Gasteiger partial charge in [0.05, 0.1) is 14.2 Å². The average molecular weight is 307 g/mol. The van der Waals surface area contributed by atoms with Gasteiger partial charge in [-0.15, -0.1) is 0 Å². The van der Waals surface area contributed by atoms with Crippen molar-refractivity contribution in [2.75, 3.05) is 20.8 Å². The largest absolute Gasteiger partial charge is 0.497 e. The molecule has 124 valence electrons. The summed E-state index contributed by atoms with van der Waals surface area (Å²) < 4.78 is 10.7. The third-order valence-corrected chi connectivity index (χ3v) is 3.88. The van der Waals surface area contributed by atoms with E-state index in [4.69, 9.17) is 9.47 Å². The van der Waals surface area contributed by atoms with E-state index in [0.717, 1.165) is 23.6 Å². The minimum atomic E-state index is -0.157. The molecule has 1 amide bonds. The normalized spacial score (nSPS) is 12.7. The van der Waals surface area contributed by atoms with Crippen LogP contribution >= 0.6 is 0 Å². The first kappa shape index (κ1) is 18.3. The maximum Gasteiger partial charge on any atom is 0.223 e. The molecule has 1 aromatic rings. The summed E-state index contributed by atoms with van der Waals surface area (Å²) in [4.78, 5) is 14.5. The molecule has 0 aliphatic carbocycles. The number of rotatable bonds is 6. The molecular weight excluding hydrogens is 278 g/mol. The van der Waals surface area contributed by atoms with Crippen molar-refractivity contribution in [3.8, 4) is 11.5 Å². The van der Waals surface area contributed by atoms with Crippen LogP contribution < -0.4 is 9.47 Å². The Morgan fingerprint density at radius 2 is 1.86 bits per heavy atom. The standard InChI is InChI=1S/C18H29NO3/c1-8-19(18(3,4)5)17(20)11-13(2)15-10-9-14(21-6)12-16(15)22-7/h9-10,12-13H,8,11H2,1-7H3. The Morgan fingerprint density at radius 3 is 2.32 bits per heavy atom. The summed E-state index contributed by atoms with van der Waals surface area (Å²) in [6, 6.07) is 5.74. The van der Waals surface area contributed by atoms with Gasteiger partial charge in [-0.25, -0.2) is 0 Å². The summed E-state index contributed by atoms with van der Waals surface area (Å²) in [6.07, 6.45) is 0.466. The van der Waals surface area contributed by atoms with Gasteiger partial charge in [0.25, 0.3) is 0 Å². The van der Waals surface area contributed by atoms with Crippen molar-refractivity contribution >= 4 is 5.91 Å². The van der Waals surface area contributed by atoms with E-state index in [1.54, 1.807) is 14.2 Å². The van der Waals surface area contributed by atoms with Gasteiger partial charge in [-0.05, 0) is 45.2 Å². The highest BCUT2D eigenvalue weighted by Gasteiger charge is 2.26. The molecule has 22 heavy (non-hydrogen) atoms. The molecule has 1 aromatic carbocycles. The molecule has 0 heterocycles. The molecule has 1 atom stereocenters. The third kappa shape index (κ3) is 4.39. The second kappa shape index (κ2) is 7.52. The molecule has 4 nitrogen and oxygen atoms in total. The van der Waals surface area contributed by atoms with Crippen molar-refractivity contribution in [3.05, 3.63) is 23.8 Å². The molecule has 1 unspecified atom stereocenters. The third-order valence-electron chi connectivity index (χ3n) is 3.88. The van der Waals surface area contributed by atoms with E-state index in [1.807, 2.05) is 30.0 Å². The molecular formula is C18H29NO3. The van der Waals surface area contributed by atoms with Crippen LogP contribution in [0.5, 0.6) is 11.5 Å². The minimum absolute atomic E-state index is 0.0877. The highest BCUT2D eigenvalue weighted by molar-refractivity contribution is 5.78. The Bertz CT molecular complexity index is 506. The summed E-state index contributed by atoms with van der Waals surface area (Å²) in [7, 11) is 3.27. The number of carbonyl (C=O) groups excluding carboxylic acids is 1. The van der Waals surface area contributed by atoms with Gasteiger partial charge < -0.3 is 14.4 Å². The van der Waals surface area contributed by atoms with Gasteiger partial charge in [-0.2, -0.15) is 0 Å². The zero-order valence-electron chi connectivity index (χ0n) is 14.9. The fourth-order valence-corrected chi connectivity index (χ4v) is 2.73. The molecule has 0 fully saturated rings. The van der Waals surface area contributed by atoms with Crippen LogP contribution in [0.4, 0.5) is 0 Å². The van der Waals surface area contributed by atoms with E-state index in [-0.39, 0.29) is 17.4 Å². The second-order valence-electron chi connectivity index (χ2n) is 6.52. The van der Waals surface area contributed by atoms with Gasteiger partial charge in [0.15, 0.2) is 0 Å². The Balaban J connectivity index is 2.93. The van der Waals surface area contributed by atoms with Crippen LogP contribution in [0, 0.1) is 0 Å². The molecule has 0 saturated carbocycles. The van der Waals surface area contributed by atoms with Gasteiger partial charge in [-0.3, -0.25) is 4.79 Å². The zero-order valence-corrected chi connectivity index (χ0v) is 14.9. The van der Waals surface area contributed by atoms with Crippen LogP contribution in [0.2, 0.25) is 0 Å². The van der Waals surface area contributed by atoms with Crippen molar-refractivity contribution < 1.29 is 14.3 Å². The SMILES string of the molecule is CCN(C(=O)CC(C)c1ccc(OC)cc1OC)C(C)(C)C. The molecule has 4 heteroatoms. The Hall–Kier alpha value is -1.71. The highest BCUT2D eigenvalue weighted by atomic mass is 16.5. The minimum Gasteiger partial charge on any atom is -0.497 e. The Morgan fingerprint density at radius 1 is 1.23 bits per heavy atom. The topological polar surface area (TPSA) is 38.8 Å². The number of nitrogens with zero attached hydrogens (tertiary/aromatic N) is 1. The number of carbonyl (C=O) groups is 1. The molecule has 0 saturated heterocycles. The smallest absolute Gasteiger partial charge is 0.223 e. The zero-order chi connectivity index (χ0) is 16.9. The predicted molar refractivity (Wildman–Crippen MR) is 89.7 cm³/mol. The molecule has 0 aliphatic rings. The van der Waals surface area contributed by atoms with Crippen molar-refractivity contribution in [2.24, 2.45) is 0 Å². The van der Waals surface area contributed by atoms with Crippen LogP contribution in [-0.2, 0) is 4.79 Å². The van der Waals surface area contributed by atoms with Crippen molar-refractivity contribution in [3.63, 3.8) is 0 Å². The van der Waals surface area contributed by atoms with Gasteiger partial charge in [0.1, 0.15) is 11.5 Å². The molecule has 0 spiro atoms. The average Bonchev–Trinajstić information content (AvgIpc) is 2.45. The van der Waals surface area contributed by atoms with Gasteiger partial charge >= 0.3 is 0 Å². The van der Waals surface area contributed by atoms with Crippen LogP contribution in [0.1, 0.15) is 52.5 Å². The Kier molecular flexibility index (Phi) is 6.27. The fourth-order valence-electron chi connectivity index (χ4n) is 2.73. The van der Waals surface area contributed by atoms with Crippen molar-refractivity contribution in [1.82, 2.24) is 4.90 Å². The highest BCUT2D eigenvalue weighted by Crippen LogP contribution is 2.33. The number of hydrogen-bond donors (Lipinski definition) is 0. The van der Waals surface area contributed by atoms with Gasteiger partial charge in [0.2, 0.25) is 5.91 Å². The molecule has 0 aliphatic heterocycles. The fraction of sp³-hybridized carbons (Fsp3) is 0.611. The lowest BCUT2D eigenvalue weighted by atomic mass is 9.94. The molecule has 0 N–H and O–H groups in total. The molecule has 0 aromatic heterocycles. The van der Waals surface area contributed by atoms with E-state index >= 15 is 0 Å². The summed E-state index contributed by atoms with van der Waals surface area (Å²) >= 11 is 0. The maximum atomic E-state index is 12.6. The van der Waals surface area contributed by atoms with E-state index in [9.17, 15) is 4.79 Å².